The Balaban J connectivity index is 2.39. The zero-order valence-electron chi connectivity index (χ0n) is 11.1. The molecule has 0 spiro atoms. The van der Waals surface area contributed by atoms with Crippen molar-refractivity contribution in [2.24, 2.45) is 0 Å². The zero-order valence-corrected chi connectivity index (χ0v) is 12.8. The van der Waals surface area contributed by atoms with Crippen LogP contribution in [0.15, 0.2) is 34.5 Å². The molecule has 21 heavy (non-hydrogen) atoms. The Hall–Kier alpha value is -1.51. The van der Waals surface area contributed by atoms with Gasteiger partial charge in [-0.1, -0.05) is 13.0 Å². The summed E-state index contributed by atoms with van der Waals surface area (Å²) >= 11 is 1.38. The summed E-state index contributed by atoms with van der Waals surface area (Å²) in [6.07, 6.45) is 0.478. The van der Waals surface area contributed by atoms with Crippen LogP contribution in [-0.2, 0) is 10.0 Å². The lowest BCUT2D eigenvalue weighted by atomic mass is 10.2. The fourth-order valence-electron chi connectivity index (χ4n) is 1.86. The summed E-state index contributed by atoms with van der Waals surface area (Å²) in [7, 11) is -4.21. The van der Waals surface area contributed by atoms with E-state index in [0.29, 0.717) is 6.42 Å². The first-order valence-corrected chi connectivity index (χ1v) is 8.51. The molecule has 4 nitrogen and oxygen atoms in total. The van der Waals surface area contributed by atoms with Gasteiger partial charge >= 0.3 is 0 Å². The second-order valence-corrected chi connectivity index (χ2v) is 7.07. The summed E-state index contributed by atoms with van der Waals surface area (Å²) in [5.41, 5.74) is 5.23. The van der Waals surface area contributed by atoms with Crippen molar-refractivity contribution in [2.45, 2.75) is 24.3 Å². The number of nitrogen functional groups attached to an aromatic ring is 1. The molecule has 1 heterocycles. The Morgan fingerprint density at radius 2 is 2.10 bits per heavy atom. The third kappa shape index (κ3) is 3.39. The zero-order chi connectivity index (χ0) is 15.6. The van der Waals surface area contributed by atoms with Crippen molar-refractivity contribution >= 4 is 27.0 Å². The van der Waals surface area contributed by atoms with E-state index in [1.54, 1.807) is 19.1 Å². The first kappa shape index (κ1) is 15.9. The lowest BCUT2D eigenvalue weighted by molar-refractivity contribution is 0.481. The largest absolute Gasteiger partial charge is 0.399 e. The average molecular weight is 332 g/mol. The summed E-state index contributed by atoms with van der Waals surface area (Å²) in [6.45, 7) is 1.79. The number of thiophene rings is 1. The van der Waals surface area contributed by atoms with Crippen molar-refractivity contribution < 1.29 is 17.2 Å². The van der Waals surface area contributed by atoms with Crippen LogP contribution < -0.4 is 10.5 Å². The Morgan fingerprint density at radius 3 is 2.67 bits per heavy atom. The van der Waals surface area contributed by atoms with Gasteiger partial charge in [-0.2, -0.15) is 0 Å². The van der Waals surface area contributed by atoms with Gasteiger partial charge < -0.3 is 5.73 Å². The van der Waals surface area contributed by atoms with Crippen molar-refractivity contribution in [1.29, 1.82) is 0 Å². The minimum atomic E-state index is -4.21. The minimum Gasteiger partial charge on any atom is -0.399 e. The van der Waals surface area contributed by atoms with Crippen molar-refractivity contribution in [3.8, 4) is 0 Å². The Morgan fingerprint density at radius 1 is 1.38 bits per heavy atom. The number of rotatable bonds is 5. The maximum Gasteiger partial charge on any atom is 0.244 e. The molecule has 0 fully saturated rings. The van der Waals surface area contributed by atoms with Crippen molar-refractivity contribution in [1.82, 2.24) is 4.72 Å². The monoisotopic (exact) mass is 332 g/mol. The van der Waals surface area contributed by atoms with Gasteiger partial charge in [0, 0.05) is 10.6 Å². The van der Waals surface area contributed by atoms with Gasteiger partial charge in [-0.15, -0.1) is 11.3 Å². The molecule has 8 heteroatoms. The van der Waals surface area contributed by atoms with Gasteiger partial charge in [0.2, 0.25) is 10.0 Å². The third-order valence-electron chi connectivity index (χ3n) is 2.90. The molecule has 0 radical (unpaired) electrons. The molecule has 1 aromatic heterocycles. The first-order chi connectivity index (χ1) is 9.85. The van der Waals surface area contributed by atoms with Crippen LogP contribution in [0.25, 0.3) is 0 Å². The fourth-order valence-corrected chi connectivity index (χ4v) is 4.22. The SMILES string of the molecule is CCC(NS(=O)(=O)c1cc(N)cc(F)c1F)c1cccs1. The van der Waals surface area contributed by atoms with Crippen molar-refractivity contribution in [3.05, 3.63) is 46.2 Å². The highest BCUT2D eigenvalue weighted by molar-refractivity contribution is 7.89. The number of hydrogen-bond acceptors (Lipinski definition) is 4. The van der Waals surface area contributed by atoms with Crippen LogP contribution >= 0.6 is 11.3 Å². The molecule has 0 aliphatic heterocycles. The van der Waals surface area contributed by atoms with Gasteiger partial charge in [0.05, 0.1) is 6.04 Å². The van der Waals surface area contributed by atoms with Crippen LogP contribution in [0.4, 0.5) is 14.5 Å². The van der Waals surface area contributed by atoms with Crippen molar-refractivity contribution in [2.75, 3.05) is 5.73 Å². The van der Waals surface area contributed by atoms with E-state index in [1.165, 1.54) is 11.3 Å². The van der Waals surface area contributed by atoms with E-state index in [-0.39, 0.29) is 5.69 Å². The number of halogens is 2. The minimum absolute atomic E-state index is 0.154. The quantitative estimate of drug-likeness (QED) is 0.827. The molecule has 0 aliphatic rings. The maximum atomic E-state index is 13.7. The Labute approximate surface area is 125 Å². The summed E-state index contributed by atoms with van der Waals surface area (Å²) in [5.74, 6) is -2.72. The van der Waals surface area contributed by atoms with E-state index in [1.807, 2.05) is 5.38 Å². The average Bonchev–Trinajstić information content (AvgIpc) is 2.94. The van der Waals surface area contributed by atoms with Crippen LogP contribution in [-0.4, -0.2) is 8.42 Å². The molecule has 0 amide bonds. The number of nitrogens with two attached hydrogens (primary N) is 1. The molecule has 1 atom stereocenters. The number of nitrogens with one attached hydrogen (secondary N) is 1. The van der Waals surface area contributed by atoms with Crippen LogP contribution in [0.1, 0.15) is 24.3 Å². The van der Waals surface area contributed by atoms with Gasteiger partial charge in [0.1, 0.15) is 4.90 Å². The van der Waals surface area contributed by atoms with E-state index in [0.717, 1.165) is 17.0 Å². The summed E-state index contributed by atoms with van der Waals surface area (Å²) in [5, 5.41) is 1.81. The fraction of sp³-hybridized carbons (Fsp3) is 0.231. The highest BCUT2D eigenvalue weighted by Gasteiger charge is 2.26. The summed E-state index contributed by atoms with van der Waals surface area (Å²) in [6, 6.07) is 4.71. The topological polar surface area (TPSA) is 72.2 Å². The smallest absolute Gasteiger partial charge is 0.244 e. The highest BCUT2D eigenvalue weighted by atomic mass is 32.2. The predicted octanol–water partition coefficient (Wildman–Crippen LogP) is 3.04. The molecule has 0 bridgehead atoms. The first-order valence-electron chi connectivity index (χ1n) is 6.15. The van der Waals surface area contributed by atoms with Gasteiger partial charge in [-0.3, -0.25) is 0 Å². The molecular formula is C13H14F2N2O2S2. The second kappa shape index (κ2) is 6.08. The maximum absolute atomic E-state index is 13.7. The van der Waals surface area contributed by atoms with E-state index < -0.39 is 32.6 Å². The molecule has 1 aromatic carbocycles. The number of anilines is 1. The van der Waals surface area contributed by atoms with Crippen LogP contribution in [0, 0.1) is 11.6 Å². The normalized spacial score (nSPS) is 13.3. The summed E-state index contributed by atoms with van der Waals surface area (Å²) in [4.78, 5) is 0.0147. The van der Waals surface area contributed by atoms with Gasteiger partial charge in [-0.05, 0) is 30.0 Å². The lowest BCUT2D eigenvalue weighted by Crippen LogP contribution is -2.29. The molecule has 0 aliphatic carbocycles. The van der Waals surface area contributed by atoms with E-state index in [2.05, 4.69) is 4.72 Å². The molecule has 0 saturated carbocycles. The van der Waals surface area contributed by atoms with Gasteiger partial charge in [0.15, 0.2) is 11.6 Å². The molecule has 0 saturated heterocycles. The second-order valence-electron chi connectivity index (χ2n) is 4.41. The number of benzene rings is 1. The van der Waals surface area contributed by atoms with Crippen LogP contribution in [0.3, 0.4) is 0 Å². The van der Waals surface area contributed by atoms with E-state index in [4.69, 9.17) is 5.73 Å². The number of sulfonamides is 1. The lowest BCUT2D eigenvalue weighted by Gasteiger charge is -2.16. The van der Waals surface area contributed by atoms with Crippen molar-refractivity contribution in [3.63, 3.8) is 0 Å². The Kier molecular flexibility index (Phi) is 4.60. The highest BCUT2D eigenvalue weighted by Crippen LogP contribution is 2.26. The standard InChI is InChI=1S/C13H14F2N2O2S2/c1-2-10(11-4-3-5-20-11)17-21(18,19)12-7-8(16)6-9(14)13(12)15/h3-7,10,17H,2,16H2,1H3. The third-order valence-corrected chi connectivity index (χ3v) is 5.36. The molecular weight excluding hydrogens is 318 g/mol. The molecule has 2 rings (SSSR count). The Bertz CT molecular complexity index is 731. The van der Waals surface area contributed by atoms with Crippen LogP contribution in [0.5, 0.6) is 0 Å². The molecule has 3 N–H and O–H groups in total. The summed E-state index contributed by atoms with van der Waals surface area (Å²) < 4.78 is 53.9. The molecule has 2 aromatic rings. The van der Waals surface area contributed by atoms with E-state index in [9.17, 15) is 17.2 Å². The number of hydrogen-bond donors (Lipinski definition) is 2. The predicted molar refractivity (Wildman–Crippen MR) is 78.4 cm³/mol. The molecule has 114 valence electrons. The van der Waals surface area contributed by atoms with Gasteiger partial charge in [0.25, 0.3) is 0 Å². The molecule has 1 unspecified atom stereocenters. The van der Waals surface area contributed by atoms with E-state index >= 15 is 0 Å². The van der Waals surface area contributed by atoms with Gasteiger partial charge in [-0.25, -0.2) is 21.9 Å². The van der Waals surface area contributed by atoms with Crippen LogP contribution in [0.2, 0.25) is 0 Å².